The lowest BCUT2D eigenvalue weighted by Crippen LogP contribution is -2.44. The first-order chi connectivity index (χ1) is 13.1. The standard InChI is InChI=1S/C23H31N3O/c1-19-6-3-4-8-22(19)10-9-20-7-5-15-26(17-20)23(27)18-25(2)16-21-11-13-24-14-12-21/h3-4,6,8,11-14,20H,5,7,9-10,15-18H2,1-2H3/t20-/m0/s1. The molecule has 0 saturated carbocycles. The summed E-state index contributed by atoms with van der Waals surface area (Å²) in [5.74, 6) is 0.875. The Hall–Kier alpha value is -2.20. The molecule has 4 heteroatoms. The lowest BCUT2D eigenvalue weighted by Gasteiger charge is -2.34. The molecule has 1 aliphatic rings. The number of hydrogen-bond acceptors (Lipinski definition) is 3. The van der Waals surface area contributed by atoms with Crippen molar-refractivity contribution >= 4 is 5.91 Å². The number of amides is 1. The summed E-state index contributed by atoms with van der Waals surface area (Å²) in [6.45, 7) is 5.26. The van der Waals surface area contributed by atoms with Gasteiger partial charge in [0.15, 0.2) is 0 Å². The van der Waals surface area contributed by atoms with E-state index in [9.17, 15) is 4.79 Å². The van der Waals surface area contributed by atoms with Gasteiger partial charge in [0.05, 0.1) is 6.54 Å². The highest BCUT2D eigenvalue weighted by Gasteiger charge is 2.24. The first kappa shape index (κ1) is 19.6. The van der Waals surface area contributed by atoms with E-state index in [1.165, 1.54) is 29.5 Å². The molecule has 0 spiro atoms. The van der Waals surface area contributed by atoms with Crippen LogP contribution in [0.1, 0.15) is 36.0 Å². The summed E-state index contributed by atoms with van der Waals surface area (Å²) < 4.78 is 0. The molecule has 3 rings (SSSR count). The van der Waals surface area contributed by atoms with E-state index >= 15 is 0 Å². The number of carbonyl (C=O) groups excluding carboxylic acids is 1. The van der Waals surface area contributed by atoms with E-state index in [-0.39, 0.29) is 5.91 Å². The Morgan fingerprint density at radius 1 is 1.22 bits per heavy atom. The van der Waals surface area contributed by atoms with Crippen LogP contribution in [0.3, 0.4) is 0 Å². The van der Waals surface area contributed by atoms with Crippen molar-refractivity contribution in [2.75, 3.05) is 26.7 Å². The minimum atomic E-state index is 0.257. The third kappa shape index (κ3) is 5.90. The topological polar surface area (TPSA) is 36.4 Å². The van der Waals surface area contributed by atoms with Crippen molar-refractivity contribution in [1.82, 2.24) is 14.8 Å². The summed E-state index contributed by atoms with van der Waals surface area (Å²) in [6, 6.07) is 12.6. The molecule has 0 bridgehead atoms. The van der Waals surface area contributed by atoms with E-state index in [2.05, 4.69) is 46.0 Å². The minimum Gasteiger partial charge on any atom is -0.341 e. The van der Waals surface area contributed by atoms with Gasteiger partial charge in [-0.15, -0.1) is 0 Å². The number of pyridine rings is 1. The van der Waals surface area contributed by atoms with Crippen LogP contribution < -0.4 is 0 Å². The van der Waals surface area contributed by atoms with Crippen LogP contribution in [-0.4, -0.2) is 47.4 Å². The summed E-state index contributed by atoms with van der Waals surface area (Å²) in [5.41, 5.74) is 4.01. The zero-order valence-electron chi connectivity index (χ0n) is 16.6. The average Bonchev–Trinajstić information content (AvgIpc) is 2.68. The predicted molar refractivity (Wildman–Crippen MR) is 109 cm³/mol. The fraction of sp³-hybridized carbons (Fsp3) is 0.478. The minimum absolute atomic E-state index is 0.257. The Kier molecular flexibility index (Phi) is 6.99. The van der Waals surface area contributed by atoms with Gasteiger partial charge in [-0.25, -0.2) is 0 Å². The van der Waals surface area contributed by atoms with Crippen molar-refractivity contribution in [3.8, 4) is 0 Å². The van der Waals surface area contributed by atoms with Gasteiger partial charge in [0.1, 0.15) is 0 Å². The second kappa shape index (κ2) is 9.65. The Labute approximate surface area is 163 Å². The Morgan fingerprint density at radius 2 is 2.00 bits per heavy atom. The molecule has 1 amide bonds. The molecule has 1 aromatic heterocycles. The number of aryl methyl sites for hydroxylation is 2. The van der Waals surface area contributed by atoms with Crippen molar-refractivity contribution < 1.29 is 4.79 Å². The quantitative estimate of drug-likeness (QED) is 0.751. The highest BCUT2D eigenvalue weighted by Crippen LogP contribution is 2.22. The molecule has 1 fully saturated rings. The molecule has 0 N–H and O–H groups in total. The summed E-state index contributed by atoms with van der Waals surface area (Å²) in [4.78, 5) is 21.0. The van der Waals surface area contributed by atoms with Crippen molar-refractivity contribution in [1.29, 1.82) is 0 Å². The maximum Gasteiger partial charge on any atom is 0.236 e. The number of likely N-dealkylation sites (tertiary alicyclic amines) is 1. The molecule has 1 aromatic carbocycles. The van der Waals surface area contributed by atoms with E-state index in [0.717, 1.165) is 32.5 Å². The maximum absolute atomic E-state index is 12.7. The second-order valence-corrected chi connectivity index (χ2v) is 7.84. The van der Waals surface area contributed by atoms with Gasteiger partial charge in [-0.3, -0.25) is 14.7 Å². The molecule has 2 heterocycles. The molecular weight excluding hydrogens is 334 g/mol. The molecule has 1 atom stereocenters. The van der Waals surface area contributed by atoms with Gasteiger partial charge < -0.3 is 4.90 Å². The Morgan fingerprint density at radius 3 is 2.78 bits per heavy atom. The third-order valence-corrected chi connectivity index (χ3v) is 5.56. The van der Waals surface area contributed by atoms with Gasteiger partial charge in [0.2, 0.25) is 5.91 Å². The SMILES string of the molecule is Cc1ccccc1CC[C@@H]1CCCN(C(=O)CN(C)Cc2ccncc2)C1. The number of aromatic nitrogens is 1. The van der Waals surface area contributed by atoms with Gasteiger partial charge >= 0.3 is 0 Å². The number of nitrogens with zero attached hydrogens (tertiary/aromatic N) is 3. The first-order valence-electron chi connectivity index (χ1n) is 10.0. The normalized spacial score (nSPS) is 17.3. The van der Waals surface area contributed by atoms with E-state index in [1.807, 2.05) is 19.2 Å². The molecular formula is C23H31N3O. The van der Waals surface area contributed by atoms with Crippen LogP contribution in [-0.2, 0) is 17.8 Å². The summed E-state index contributed by atoms with van der Waals surface area (Å²) in [5, 5.41) is 0. The molecule has 1 saturated heterocycles. The van der Waals surface area contributed by atoms with Crippen LogP contribution in [0.15, 0.2) is 48.8 Å². The fourth-order valence-corrected chi connectivity index (χ4v) is 3.96. The van der Waals surface area contributed by atoms with Crippen LogP contribution in [0.2, 0.25) is 0 Å². The van der Waals surface area contributed by atoms with E-state index in [1.54, 1.807) is 12.4 Å². The van der Waals surface area contributed by atoms with Crippen LogP contribution in [0.5, 0.6) is 0 Å². The molecule has 144 valence electrons. The largest absolute Gasteiger partial charge is 0.341 e. The zero-order chi connectivity index (χ0) is 19.1. The van der Waals surface area contributed by atoms with Crippen LogP contribution in [0.25, 0.3) is 0 Å². The number of carbonyl (C=O) groups is 1. The number of rotatable bonds is 7. The molecule has 2 aromatic rings. The van der Waals surface area contributed by atoms with Crippen LogP contribution in [0, 0.1) is 12.8 Å². The van der Waals surface area contributed by atoms with Crippen molar-refractivity contribution in [2.24, 2.45) is 5.92 Å². The summed E-state index contributed by atoms with van der Waals surface area (Å²) in [7, 11) is 2.01. The second-order valence-electron chi connectivity index (χ2n) is 7.84. The molecule has 1 aliphatic heterocycles. The Balaban J connectivity index is 1.47. The van der Waals surface area contributed by atoms with Gasteiger partial charge in [-0.1, -0.05) is 24.3 Å². The molecule has 27 heavy (non-hydrogen) atoms. The molecule has 4 nitrogen and oxygen atoms in total. The van der Waals surface area contributed by atoms with E-state index in [0.29, 0.717) is 12.5 Å². The van der Waals surface area contributed by atoms with Gasteiger partial charge in [0.25, 0.3) is 0 Å². The van der Waals surface area contributed by atoms with Crippen molar-refractivity contribution in [2.45, 2.75) is 39.2 Å². The number of piperidine rings is 1. The first-order valence-corrected chi connectivity index (χ1v) is 10.0. The van der Waals surface area contributed by atoms with E-state index in [4.69, 9.17) is 0 Å². The molecule has 0 radical (unpaired) electrons. The summed E-state index contributed by atoms with van der Waals surface area (Å²) in [6.07, 6.45) is 8.24. The van der Waals surface area contributed by atoms with Crippen LogP contribution in [0.4, 0.5) is 0 Å². The fourth-order valence-electron chi connectivity index (χ4n) is 3.96. The van der Waals surface area contributed by atoms with Gasteiger partial charge in [-0.2, -0.15) is 0 Å². The predicted octanol–water partition coefficient (Wildman–Crippen LogP) is 3.69. The number of likely N-dealkylation sites (N-methyl/N-ethyl adjacent to an activating group) is 1. The van der Waals surface area contributed by atoms with Crippen LogP contribution >= 0.6 is 0 Å². The Bertz CT molecular complexity index is 731. The lowest BCUT2D eigenvalue weighted by atomic mass is 9.90. The number of hydrogen-bond donors (Lipinski definition) is 0. The molecule has 0 aliphatic carbocycles. The van der Waals surface area contributed by atoms with Crippen molar-refractivity contribution in [3.05, 3.63) is 65.5 Å². The lowest BCUT2D eigenvalue weighted by molar-refractivity contribution is -0.134. The van der Waals surface area contributed by atoms with Gasteiger partial charge in [-0.05, 0) is 74.4 Å². The number of benzene rings is 1. The third-order valence-electron chi connectivity index (χ3n) is 5.56. The zero-order valence-corrected chi connectivity index (χ0v) is 16.6. The maximum atomic E-state index is 12.7. The smallest absolute Gasteiger partial charge is 0.236 e. The average molecular weight is 366 g/mol. The highest BCUT2D eigenvalue weighted by molar-refractivity contribution is 5.78. The molecule has 0 unspecified atom stereocenters. The van der Waals surface area contributed by atoms with E-state index < -0.39 is 0 Å². The van der Waals surface area contributed by atoms with Crippen molar-refractivity contribution in [3.63, 3.8) is 0 Å². The highest BCUT2D eigenvalue weighted by atomic mass is 16.2. The summed E-state index contributed by atoms with van der Waals surface area (Å²) >= 11 is 0. The monoisotopic (exact) mass is 365 g/mol. The van der Waals surface area contributed by atoms with Gasteiger partial charge in [0, 0.05) is 32.0 Å².